The summed E-state index contributed by atoms with van der Waals surface area (Å²) in [5.41, 5.74) is 5.76. The number of hydrogen-bond acceptors (Lipinski definition) is 5. The SMILES string of the molecule is CCNC(=S)N(Cc1c(-c2ccccc2)noc1N1CCc2ccccc2C1)CC1CCCO1. The van der Waals surface area contributed by atoms with E-state index in [9.17, 15) is 0 Å². The molecule has 1 saturated heterocycles. The second-order valence-electron chi connectivity index (χ2n) is 8.97. The predicted molar refractivity (Wildman–Crippen MR) is 139 cm³/mol. The molecule has 34 heavy (non-hydrogen) atoms. The van der Waals surface area contributed by atoms with Crippen LogP contribution in [0.2, 0.25) is 0 Å². The summed E-state index contributed by atoms with van der Waals surface area (Å²) in [7, 11) is 0. The quantitative estimate of drug-likeness (QED) is 0.493. The van der Waals surface area contributed by atoms with Crippen molar-refractivity contribution in [2.45, 2.75) is 45.4 Å². The number of anilines is 1. The summed E-state index contributed by atoms with van der Waals surface area (Å²) in [5, 5.41) is 8.65. The van der Waals surface area contributed by atoms with Crippen molar-refractivity contribution in [2.24, 2.45) is 0 Å². The van der Waals surface area contributed by atoms with Crippen molar-refractivity contribution in [1.29, 1.82) is 0 Å². The minimum atomic E-state index is 0.196. The van der Waals surface area contributed by atoms with Crippen molar-refractivity contribution in [1.82, 2.24) is 15.4 Å². The average Bonchev–Trinajstić information content (AvgIpc) is 3.54. The molecule has 178 valence electrons. The molecule has 2 aliphatic heterocycles. The first-order valence-corrected chi connectivity index (χ1v) is 12.6. The normalized spacial score (nSPS) is 17.4. The van der Waals surface area contributed by atoms with E-state index in [4.69, 9.17) is 21.5 Å². The lowest BCUT2D eigenvalue weighted by molar-refractivity contribution is 0.0898. The standard InChI is InChI=1S/C27H32N4O2S/c1-2-28-27(34)31(18-23-13-8-16-32-23)19-24-25(21-10-4-3-5-11-21)29-33-26(24)30-15-14-20-9-6-7-12-22(20)17-30/h3-7,9-12,23H,2,8,13-19H2,1H3,(H,28,34). The fraction of sp³-hybridized carbons (Fsp3) is 0.407. The van der Waals surface area contributed by atoms with Crippen molar-refractivity contribution in [3.63, 3.8) is 0 Å². The van der Waals surface area contributed by atoms with E-state index in [1.165, 1.54) is 11.1 Å². The lowest BCUT2D eigenvalue weighted by Gasteiger charge is -2.31. The largest absolute Gasteiger partial charge is 0.376 e. The number of benzene rings is 2. The molecule has 0 radical (unpaired) electrons. The van der Waals surface area contributed by atoms with Crippen LogP contribution in [0.5, 0.6) is 0 Å². The Kier molecular flexibility index (Phi) is 7.11. The zero-order chi connectivity index (χ0) is 23.3. The number of rotatable bonds is 7. The summed E-state index contributed by atoms with van der Waals surface area (Å²) >= 11 is 5.79. The third-order valence-electron chi connectivity index (χ3n) is 6.64. The molecule has 1 unspecified atom stereocenters. The molecule has 6 nitrogen and oxygen atoms in total. The Balaban J connectivity index is 1.49. The zero-order valence-electron chi connectivity index (χ0n) is 19.7. The summed E-state index contributed by atoms with van der Waals surface area (Å²) in [5.74, 6) is 0.838. The summed E-state index contributed by atoms with van der Waals surface area (Å²) in [6, 6.07) is 18.9. The number of fused-ring (bicyclic) bond motifs is 1. The highest BCUT2D eigenvalue weighted by Gasteiger charge is 2.29. The van der Waals surface area contributed by atoms with Gasteiger partial charge in [-0.2, -0.15) is 0 Å². The predicted octanol–water partition coefficient (Wildman–Crippen LogP) is 4.78. The maximum Gasteiger partial charge on any atom is 0.233 e. The monoisotopic (exact) mass is 476 g/mol. The second-order valence-corrected chi connectivity index (χ2v) is 9.36. The van der Waals surface area contributed by atoms with Gasteiger partial charge in [0.25, 0.3) is 0 Å². The molecule has 0 aliphatic carbocycles. The Morgan fingerprint density at radius 1 is 1.15 bits per heavy atom. The Bertz CT molecular complexity index is 1110. The third-order valence-corrected chi connectivity index (χ3v) is 7.05. The van der Waals surface area contributed by atoms with Crippen molar-refractivity contribution in [2.75, 3.05) is 31.1 Å². The molecule has 2 aliphatic rings. The van der Waals surface area contributed by atoms with Gasteiger partial charge in [0.2, 0.25) is 5.88 Å². The minimum Gasteiger partial charge on any atom is -0.376 e. The number of thiocarbonyl (C=S) groups is 1. The summed E-state index contributed by atoms with van der Waals surface area (Å²) in [4.78, 5) is 4.53. The van der Waals surface area contributed by atoms with Crippen LogP contribution in [-0.2, 0) is 24.2 Å². The van der Waals surface area contributed by atoms with Crippen molar-refractivity contribution in [3.05, 3.63) is 71.3 Å². The molecule has 1 N–H and O–H groups in total. The lowest BCUT2D eigenvalue weighted by atomic mass is 9.99. The Labute approximate surface area is 206 Å². The Hall–Kier alpha value is -2.90. The van der Waals surface area contributed by atoms with E-state index in [1.807, 2.05) is 18.2 Å². The van der Waals surface area contributed by atoms with Crippen molar-refractivity contribution >= 4 is 23.2 Å². The molecule has 5 rings (SSSR count). The van der Waals surface area contributed by atoms with E-state index < -0.39 is 0 Å². The highest BCUT2D eigenvalue weighted by Crippen LogP contribution is 2.35. The van der Waals surface area contributed by atoms with Gasteiger partial charge < -0.3 is 24.4 Å². The van der Waals surface area contributed by atoms with Gasteiger partial charge >= 0.3 is 0 Å². The van der Waals surface area contributed by atoms with Crippen LogP contribution in [0.1, 0.15) is 36.5 Å². The topological polar surface area (TPSA) is 53.8 Å². The first kappa shape index (κ1) is 22.9. The van der Waals surface area contributed by atoms with Gasteiger partial charge in [-0.1, -0.05) is 59.8 Å². The Morgan fingerprint density at radius 2 is 1.94 bits per heavy atom. The van der Waals surface area contributed by atoms with Gasteiger partial charge in [-0.15, -0.1) is 0 Å². The van der Waals surface area contributed by atoms with Gasteiger partial charge in [0.05, 0.1) is 18.2 Å². The second kappa shape index (κ2) is 10.6. The van der Waals surface area contributed by atoms with Gasteiger partial charge in [0.15, 0.2) is 5.11 Å². The van der Waals surface area contributed by atoms with Gasteiger partial charge in [-0.25, -0.2) is 0 Å². The number of hydrogen-bond donors (Lipinski definition) is 1. The highest BCUT2D eigenvalue weighted by atomic mass is 32.1. The number of nitrogens with one attached hydrogen (secondary N) is 1. The van der Waals surface area contributed by atoms with Crippen LogP contribution in [0.25, 0.3) is 11.3 Å². The molecule has 0 bridgehead atoms. The maximum absolute atomic E-state index is 6.07. The number of aromatic nitrogens is 1. The van der Waals surface area contributed by atoms with E-state index in [1.54, 1.807) is 0 Å². The molecule has 1 fully saturated rings. The summed E-state index contributed by atoms with van der Waals surface area (Å²) < 4.78 is 12.0. The fourth-order valence-electron chi connectivity index (χ4n) is 4.89. The molecule has 0 spiro atoms. The minimum absolute atomic E-state index is 0.196. The van der Waals surface area contributed by atoms with Crippen molar-refractivity contribution < 1.29 is 9.26 Å². The smallest absolute Gasteiger partial charge is 0.233 e. The molecule has 3 aromatic rings. The molecule has 1 atom stereocenters. The van der Waals surface area contributed by atoms with Crippen LogP contribution >= 0.6 is 12.2 Å². The van der Waals surface area contributed by atoms with E-state index in [0.717, 1.165) is 79.9 Å². The van der Waals surface area contributed by atoms with Crippen LogP contribution in [0.3, 0.4) is 0 Å². The lowest BCUT2D eigenvalue weighted by Crippen LogP contribution is -2.43. The number of nitrogens with zero attached hydrogens (tertiary/aromatic N) is 3. The third kappa shape index (κ3) is 4.95. The van der Waals surface area contributed by atoms with Gasteiger partial charge in [-0.05, 0) is 49.5 Å². The van der Waals surface area contributed by atoms with Crippen LogP contribution in [0.4, 0.5) is 5.88 Å². The first-order valence-electron chi connectivity index (χ1n) is 12.2. The molecule has 3 heterocycles. The molecular weight excluding hydrogens is 444 g/mol. The van der Waals surface area contributed by atoms with Crippen LogP contribution < -0.4 is 10.2 Å². The zero-order valence-corrected chi connectivity index (χ0v) is 20.5. The number of ether oxygens (including phenoxy) is 1. The fourth-order valence-corrected chi connectivity index (χ4v) is 5.17. The summed E-state index contributed by atoms with van der Waals surface area (Å²) in [6.45, 7) is 6.77. The van der Waals surface area contributed by atoms with Crippen LogP contribution in [0, 0.1) is 0 Å². The van der Waals surface area contributed by atoms with Gasteiger partial charge in [0.1, 0.15) is 5.69 Å². The van der Waals surface area contributed by atoms with Gasteiger partial charge in [-0.3, -0.25) is 0 Å². The van der Waals surface area contributed by atoms with E-state index >= 15 is 0 Å². The average molecular weight is 477 g/mol. The molecule has 2 aromatic carbocycles. The Morgan fingerprint density at radius 3 is 2.71 bits per heavy atom. The molecule has 0 saturated carbocycles. The van der Waals surface area contributed by atoms with E-state index in [0.29, 0.717) is 6.54 Å². The maximum atomic E-state index is 6.07. The molecule has 7 heteroatoms. The van der Waals surface area contributed by atoms with Crippen LogP contribution in [-0.4, -0.2) is 47.5 Å². The van der Waals surface area contributed by atoms with Crippen LogP contribution in [0.15, 0.2) is 59.1 Å². The summed E-state index contributed by atoms with van der Waals surface area (Å²) in [6.07, 6.45) is 3.36. The van der Waals surface area contributed by atoms with Gasteiger partial charge in [0, 0.05) is 38.3 Å². The first-order chi connectivity index (χ1) is 16.7. The van der Waals surface area contributed by atoms with E-state index in [-0.39, 0.29) is 6.10 Å². The molecule has 1 aromatic heterocycles. The molecular formula is C27H32N4O2S. The van der Waals surface area contributed by atoms with E-state index in [2.05, 4.69) is 63.6 Å². The van der Waals surface area contributed by atoms with Crippen molar-refractivity contribution in [3.8, 4) is 11.3 Å². The molecule has 0 amide bonds. The highest BCUT2D eigenvalue weighted by molar-refractivity contribution is 7.80.